The Labute approximate surface area is 89.6 Å². The van der Waals surface area contributed by atoms with E-state index in [2.05, 4.69) is 4.74 Å². The van der Waals surface area contributed by atoms with Gasteiger partial charge >= 0.3 is 5.97 Å². The first-order valence-electron chi connectivity index (χ1n) is 4.98. The monoisotopic (exact) mass is 218 g/mol. The molecule has 0 saturated carbocycles. The summed E-state index contributed by atoms with van der Waals surface area (Å²) in [6.45, 7) is 0. The lowest BCUT2D eigenvalue weighted by molar-refractivity contribution is -0.259. The van der Waals surface area contributed by atoms with Crippen LogP contribution in [0.4, 0.5) is 0 Å². The molecule has 0 aliphatic carbocycles. The molecule has 0 unspecified atom stereocenters. The van der Waals surface area contributed by atoms with Crippen molar-refractivity contribution in [1.82, 2.24) is 0 Å². The zero-order valence-electron chi connectivity index (χ0n) is 9.45. The van der Waals surface area contributed by atoms with Crippen molar-refractivity contribution >= 4 is 5.97 Å². The highest BCUT2D eigenvalue weighted by Gasteiger charge is 2.40. The van der Waals surface area contributed by atoms with Crippen LogP contribution in [0.1, 0.15) is 25.7 Å². The molecule has 0 bridgehead atoms. The molecule has 1 fully saturated rings. The van der Waals surface area contributed by atoms with Crippen molar-refractivity contribution in [2.24, 2.45) is 0 Å². The summed E-state index contributed by atoms with van der Waals surface area (Å²) in [5, 5.41) is 0. The number of hydrogen-bond acceptors (Lipinski definition) is 5. The standard InChI is InChI=1S/C10H18O5/c1-12-8(11)4-6-10(14-3)7-5-9(13-2)15-10/h9H,4-7H2,1-3H3/t9-,10-/m1/s1. The molecule has 0 N–H and O–H groups in total. The molecule has 5 heteroatoms. The second kappa shape index (κ2) is 5.44. The second-order valence-corrected chi connectivity index (χ2v) is 3.51. The fourth-order valence-corrected chi connectivity index (χ4v) is 1.69. The number of carbonyl (C=O) groups excluding carboxylic acids is 1. The van der Waals surface area contributed by atoms with E-state index in [9.17, 15) is 4.79 Å². The van der Waals surface area contributed by atoms with Crippen LogP contribution in [-0.2, 0) is 23.7 Å². The van der Waals surface area contributed by atoms with Gasteiger partial charge in [-0.2, -0.15) is 0 Å². The summed E-state index contributed by atoms with van der Waals surface area (Å²) in [6.07, 6.45) is 2.07. The molecule has 0 amide bonds. The summed E-state index contributed by atoms with van der Waals surface area (Å²) in [5.41, 5.74) is 0. The number of esters is 1. The third-order valence-electron chi connectivity index (χ3n) is 2.68. The Balaban J connectivity index is 2.44. The zero-order chi connectivity index (χ0) is 11.3. The maximum Gasteiger partial charge on any atom is 0.305 e. The minimum atomic E-state index is -0.686. The molecule has 1 heterocycles. The Morgan fingerprint density at radius 2 is 2.20 bits per heavy atom. The maximum absolute atomic E-state index is 11.0. The zero-order valence-corrected chi connectivity index (χ0v) is 9.45. The van der Waals surface area contributed by atoms with Gasteiger partial charge in [0, 0.05) is 33.5 Å². The predicted octanol–water partition coefficient (Wildman–Crippen LogP) is 1.07. The first-order chi connectivity index (χ1) is 7.15. The first-order valence-corrected chi connectivity index (χ1v) is 4.98. The largest absolute Gasteiger partial charge is 0.469 e. The molecular weight excluding hydrogens is 200 g/mol. The van der Waals surface area contributed by atoms with E-state index in [4.69, 9.17) is 14.2 Å². The van der Waals surface area contributed by atoms with Crippen LogP contribution in [0.5, 0.6) is 0 Å². The van der Waals surface area contributed by atoms with Crippen molar-refractivity contribution in [2.75, 3.05) is 21.3 Å². The van der Waals surface area contributed by atoms with Crippen LogP contribution in [-0.4, -0.2) is 39.4 Å². The molecule has 15 heavy (non-hydrogen) atoms. The van der Waals surface area contributed by atoms with Crippen LogP contribution in [0.2, 0.25) is 0 Å². The molecule has 1 rings (SSSR count). The van der Waals surface area contributed by atoms with Crippen LogP contribution < -0.4 is 0 Å². The van der Waals surface area contributed by atoms with Crippen molar-refractivity contribution in [3.63, 3.8) is 0 Å². The lowest BCUT2D eigenvalue weighted by Gasteiger charge is -2.26. The van der Waals surface area contributed by atoms with E-state index in [1.54, 1.807) is 14.2 Å². The summed E-state index contributed by atoms with van der Waals surface area (Å²) < 4.78 is 20.6. The van der Waals surface area contributed by atoms with Crippen molar-refractivity contribution in [3.8, 4) is 0 Å². The van der Waals surface area contributed by atoms with Gasteiger partial charge in [-0.15, -0.1) is 0 Å². The molecular formula is C10H18O5. The molecule has 0 aromatic heterocycles. The maximum atomic E-state index is 11.0. The van der Waals surface area contributed by atoms with Gasteiger partial charge in [-0.1, -0.05) is 0 Å². The Kier molecular flexibility index (Phi) is 4.50. The number of hydrogen-bond donors (Lipinski definition) is 0. The second-order valence-electron chi connectivity index (χ2n) is 3.51. The minimum absolute atomic E-state index is 0.234. The Morgan fingerprint density at radius 1 is 1.47 bits per heavy atom. The van der Waals surface area contributed by atoms with E-state index in [-0.39, 0.29) is 12.3 Å². The van der Waals surface area contributed by atoms with Gasteiger partial charge in [-0.25, -0.2) is 0 Å². The van der Waals surface area contributed by atoms with Crippen molar-refractivity contribution in [1.29, 1.82) is 0 Å². The minimum Gasteiger partial charge on any atom is -0.469 e. The average molecular weight is 218 g/mol. The average Bonchev–Trinajstić information content (AvgIpc) is 2.70. The van der Waals surface area contributed by atoms with Crippen molar-refractivity contribution < 1.29 is 23.7 Å². The smallest absolute Gasteiger partial charge is 0.305 e. The number of methoxy groups -OCH3 is 3. The molecule has 1 aliphatic heterocycles. The van der Waals surface area contributed by atoms with Gasteiger partial charge in [0.1, 0.15) is 0 Å². The lowest BCUT2D eigenvalue weighted by Crippen LogP contribution is -2.32. The Morgan fingerprint density at radius 3 is 2.67 bits per heavy atom. The van der Waals surface area contributed by atoms with E-state index < -0.39 is 5.79 Å². The molecule has 0 aromatic carbocycles. The van der Waals surface area contributed by atoms with Crippen LogP contribution in [0.25, 0.3) is 0 Å². The molecule has 5 nitrogen and oxygen atoms in total. The SMILES string of the molecule is COC(=O)CC[C@]1(OC)CC[C@H](OC)O1. The fourth-order valence-electron chi connectivity index (χ4n) is 1.69. The van der Waals surface area contributed by atoms with E-state index in [0.29, 0.717) is 12.8 Å². The van der Waals surface area contributed by atoms with E-state index in [1.807, 2.05) is 0 Å². The van der Waals surface area contributed by atoms with Gasteiger partial charge in [-0.05, 0) is 0 Å². The van der Waals surface area contributed by atoms with Crippen LogP contribution in [0.15, 0.2) is 0 Å². The molecule has 88 valence electrons. The van der Waals surface area contributed by atoms with Gasteiger partial charge in [0.15, 0.2) is 12.1 Å². The molecule has 0 spiro atoms. The van der Waals surface area contributed by atoms with Gasteiger partial charge in [0.25, 0.3) is 0 Å². The van der Waals surface area contributed by atoms with Gasteiger partial charge < -0.3 is 18.9 Å². The van der Waals surface area contributed by atoms with Crippen LogP contribution in [0.3, 0.4) is 0 Å². The quantitative estimate of drug-likeness (QED) is 0.646. The summed E-state index contributed by atoms with van der Waals surface area (Å²) >= 11 is 0. The van der Waals surface area contributed by atoms with E-state index >= 15 is 0 Å². The highest BCUT2D eigenvalue weighted by Crippen LogP contribution is 2.35. The molecule has 0 radical (unpaired) electrons. The number of ether oxygens (including phenoxy) is 4. The summed E-state index contributed by atoms with van der Waals surface area (Å²) in [6, 6.07) is 0. The van der Waals surface area contributed by atoms with Crippen LogP contribution in [0, 0.1) is 0 Å². The summed E-state index contributed by atoms with van der Waals surface area (Å²) in [7, 11) is 4.54. The summed E-state index contributed by atoms with van der Waals surface area (Å²) in [4.78, 5) is 11.0. The van der Waals surface area contributed by atoms with Gasteiger partial charge in [0.05, 0.1) is 13.5 Å². The third-order valence-corrected chi connectivity index (χ3v) is 2.68. The van der Waals surface area contributed by atoms with Crippen molar-refractivity contribution in [2.45, 2.75) is 37.8 Å². The number of rotatable bonds is 5. The highest BCUT2D eigenvalue weighted by atomic mass is 16.8. The predicted molar refractivity (Wildman–Crippen MR) is 52.1 cm³/mol. The van der Waals surface area contributed by atoms with Crippen molar-refractivity contribution in [3.05, 3.63) is 0 Å². The summed E-state index contributed by atoms with van der Waals surface area (Å²) in [5.74, 6) is -0.939. The molecule has 2 atom stereocenters. The first kappa shape index (κ1) is 12.4. The van der Waals surface area contributed by atoms with E-state index in [0.717, 1.165) is 12.8 Å². The molecule has 1 saturated heterocycles. The van der Waals surface area contributed by atoms with Gasteiger partial charge in [-0.3, -0.25) is 4.79 Å². The number of carbonyl (C=O) groups is 1. The lowest BCUT2D eigenvalue weighted by atomic mass is 10.1. The van der Waals surface area contributed by atoms with Gasteiger partial charge in [0.2, 0.25) is 0 Å². The molecule has 0 aromatic rings. The third kappa shape index (κ3) is 3.15. The molecule has 1 aliphatic rings. The highest BCUT2D eigenvalue weighted by molar-refractivity contribution is 5.69. The Hall–Kier alpha value is -0.650. The topological polar surface area (TPSA) is 54.0 Å². The van der Waals surface area contributed by atoms with Crippen LogP contribution >= 0.6 is 0 Å². The normalized spacial score (nSPS) is 30.5. The van der Waals surface area contributed by atoms with E-state index in [1.165, 1.54) is 7.11 Å². The Bertz CT molecular complexity index is 218. The fraction of sp³-hybridized carbons (Fsp3) is 0.900.